The van der Waals surface area contributed by atoms with Crippen LogP contribution in [0, 0.1) is 17.0 Å². The van der Waals surface area contributed by atoms with Crippen LogP contribution in [0.25, 0.3) is 10.9 Å². The molecule has 1 aliphatic rings. The number of benzene rings is 4. The van der Waals surface area contributed by atoms with Crippen molar-refractivity contribution in [1.29, 1.82) is 0 Å². The third kappa shape index (κ3) is 9.67. The fourth-order valence-electron chi connectivity index (χ4n) is 6.23. The molecule has 0 atom stereocenters. The van der Waals surface area contributed by atoms with Crippen LogP contribution in [0.2, 0.25) is 0 Å². The Morgan fingerprint density at radius 2 is 1.43 bits per heavy atom. The molecule has 0 amide bonds. The molecule has 1 aliphatic carbocycles. The van der Waals surface area contributed by atoms with Crippen molar-refractivity contribution in [2.75, 3.05) is 19.5 Å². The molecule has 0 aliphatic heterocycles. The molecule has 0 unspecified atom stereocenters. The summed E-state index contributed by atoms with van der Waals surface area (Å²) in [6.45, 7) is 0.503. The van der Waals surface area contributed by atoms with E-state index in [1.165, 1.54) is 36.0 Å². The highest BCUT2D eigenvalue weighted by Crippen LogP contribution is 2.49. The van der Waals surface area contributed by atoms with Gasteiger partial charge in [0, 0.05) is 41.8 Å². The Morgan fingerprint density at radius 1 is 0.736 bits per heavy atom. The number of nitrogens with zero attached hydrogens (tertiary/aromatic N) is 1. The molecule has 0 spiro atoms. The number of Topliss-reactive ketones (excluding diaryl/α,β-unsaturated/α-hetero) is 2. The molecule has 0 N–H and O–H groups in total. The Kier molecular flexibility index (Phi) is 12.5. The Hall–Kier alpha value is -5.09. The highest BCUT2D eigenvalue weighted by molar-refractivity contribution is 8.14. The molecule has 10 heteroatoms. The molecule has 0 radical (unpaired) electrons. The van der Waals surface area contributed by atoms with Crippen LogP contribution in [0.3, 0.4) is 0 Å². The number of carbonyl (C=O) groups excluding carboxylic acids is 3. The zero-order valence-corrected chi connectivity index (χ0v) is 30.4. The second kappa shape index (κ2) is 17.6. The number of rotatable bonds is 19. The van der Waals surface area contributed by atoms with Crippen molar-refractivity contribution in [2.24, 2.45) is 5.41 Å². The third-order valence-corrected chi connectivity index (χ3v) is 10.4. The summed E-state index contributed by atoms with van der Waals surface area (Å²) in [6.07, 6.45) is 7.40. The van der Waals surface area contributed by atoms with E-state index in [0.717, 1.165) is 43.4 Å². The maximum atomic E-state index is 15.4. The van der Waals surface area contributed by atoms with E-state index < -0.39 is 11.2 Å². The fourth-order valence-corrected chi connectivity index (χ4v) is 7.07. The van der Waals surface area contributed by atoms with Crippen molar-refractivity contribution < 1.29 is 37.4 Å². The molecule has 6 rings (SSSR count). The largest absolute Gasteiger partial charge is 0.493 e. The highest BCUT2D eigenvalue weighted by atomic mass is 32.2. The van der Waals surface area contributed by atoms with E-state index in [1.54, 1.807) is 49.7 Å². The third-order valence-electron chi connectivity index (χ3n) is 9.45. The van der Waals surface area contributed by atoms with E-state index in [-0.39, 0.29) is 41.1 Å². The summed E-state index contributed by atoms with van der Waals surface area (Å²) in [5.74, 6) is 0.719. The van der Waals surface area contributed by atoms with E-state index in [9.17, 15) is 18.8 Å². The number of aromatic nitrogens is 1. The lowest BCUT2D eigenvalue weighted by molar-refractivity contribution is -0.133. The topological polar surface area (TPSA) is 91.8 Å². The van der Waals surface area contributed by atoms with E-state index in [1.807, 2.05) is 30.3 Å². The monoisotopic (exact) mass is 737 g/mol. The first-order chi connectivity index (χ1) is 25.8. The number of hydrogen-bond donors (Lipinski definition) is 0. The zero-order chi connectivity index (χ0) is 37.2. The number of thioether (sulfide) groups is 1. The number of ketones is 2. The number of hydrogen-bond acceptors (Lipinski definition) is 8. The Balaban J connectivity index is 0.992. The van der Waals surface area contributed by atoms with Gasteiger partial charge in [0.25, 0.3) is 0 Å². The molecule has 1 aromatic heterocycles. The first kappa shape index (κ1) is 37.7. The predicted octanol–water partition coefficient (Wildman–Crippen LogP) is 9.92. The van der Waals surface area contributed by atoms with Gasteiger partial charge in [-0.25, -0.2) is 8.78 Å². The van der Waals surface area contributed by atoms with Gasteiger partial charge in [-0.05, 0) is 73.2 Å². The minimum atomic E-state index is -1.07. The number of halogens is 2. The van der Waals surface area contributed by atoms with E-state index in [4.69, 9.17) is 14.2 Å². The Labute approximate surface area is 312 Å². The second-order valence-corrected chi connectivity index (χ2v) is 14.3. The van der Waals surface area contributed by atoms with Gasteiger partial charge in [-0.15, -0.1) is 0 Å². The highest BCUT2D eigenvalue weighted by Gasteiger charge is 2.54. The second-order valence-electron chi connectivity index (χ2n) is 13.2. The number of pyridine rings is 1. The molecular formula is C43H41F2NO6S. The van der Waals surface area contributed by atoms with Crippen molar-refractivity contribution in [3.05, 3.63) is 126 Å². The first-order valence-electron chi connectivity index (χ1n) is 17.8. The van der Waals surface area contributed by atoms with Crippen LogP contribution in [-0.2, 0) is 22.4 Å². The molecule has 1 fully saturated rings. The number of methoxy groups -OCH3 is 1. The van der Waals surface area contributed by atoms with Crippen molar-refractivity contribution in [1.82, 2.24) is 4.98 Å². The first-order valence-corrected chi connectivity index (χ1v) is 18.8. The molecule has 1 saturated carbocycles. The van der Waals surface area contributed by atoms with E-state index in [2.05, 4.69) is 4.98 Å². The van der Waals surface area contributed by atoms with Gasteiger partial charge in [-0.3, -0.25) is 19.4 Å². The normalized spacial score (nSPS) is 13.0. The molecule has 0 saturated heterocycles. The maximum Gasteiger partial charge on any atom is 0.219 e. The van der Waals surface area contributed by atoms with Crippen LogP contribution in [0.15, 0.2) is 97.2 Å². The molecule has 1 heterocycles. The summed E-state index contributed by atoms with van der Waals surface area (Å²) in [7, 11) is 1.55. The number of fused-ring (bicyclic) bond motifs is 1. The summed E-state index contributed by atoms with van der Waals surface area (Å²) in [4.78, 5) is 43.0. The number of ether oxygens (including phenoxy) is 3. The summed E-state index contributed by atoms with van der Waals surface area (Å²) in [5.41, 5.74) is 1.35. The summed E-state index contributed by atoms with van der Waals surface area (Å²) < 4.78 is 46.3. The van der Waals surface area contributed by atoms with Gasteiger partial charge in [-0.2, -0.15) is 0 Å². The molecular weight excluding hydrogens is 697 g/mol. The molecule has 5 aromatic rings. The van der Waals surface area contributed by atoms with Crippen molar-refractivity contribution in [2.45, 2.75) is 57.8 Å². The SMILES string of the molecule is COc1cc2c(Oc3ccc(CC(=O)C4(C(=O)Cc5ccc(F)cc5)CC4)cc3F)ccnc2cc1OCCCCCCCSC(=O)c1ccccc1. The summed E-state index contributed by atoms with van der Waals surface area (Å²) in [6, 6.07) is 24.5. The lowest BCUT2D eigenvalue weighted by Gasteiger charge is -2.15. The molecule has 7 nitrogen and oxygen atoms in total. The van der Waals surface area contributed by atoms with Gasteiger partial charge < -0.3 is 14.2 Å². The lowest BCUT2D eigenvalue weighted by Crippen LogP contribution is -2.28. The zero-order valence-electron chi connectivity index (χ0n) is 29.6. The van der Waals surface area contributed by atoms with E-state index in [0.29, 0.717) is 58.7 Å². The fraction of sp³-hybridized carbons (Fsp3) is 0.302. The smallest absolute Gasteiger partial charge is 0.219 e. The van der Waals surface area contributed by atoms with Crippen LogP contribution in [0.1, 0.15) is 66.4 Å². The average molecular weight is 738 g/mol. The van der Waals surface area contributed by atoms with Crippen LogP contribution >= 0.6 is 11.8 Å². The molecule has 4 aromatic carbocycles. The van der Waals surface area contributed by atoms with Crippen molar-refractivity contribution in [3.63, 3.8) is 0 Å². The van der Waals surface area contributed by atoms with Crippen LogP contribution in [0.5, 0.6) is 23.0 Å². The van der Waals surface area contributed by atoms with Crippen molar-refractivity contribution >= 4 is 39.3 Å². The van der Waals surface area contributed by atoms with Gasteiger partial charge >= 0.3 is 0 Å². The Morgan fingerprint density at radius 3 is 2.15 bits per heavy atom. The summed E-state index contributed by atoms with van der Waals surface area (Å²) >= 11 is 1.37. The molecule has 274 valence electrons. The number of unbranched alkanes of at least 4 members (excludes halogenated alkanes) is 4. The quantitative estimate of drug-likeness (QED) is 0.0611. The number of carbonyl (C=O) groups is 3. The summed E-state index contributed by atoms with van der Waals surface area (Å²) in [5, 5.41) is 0.719. The van der Waals surface area contributed by atoms with Gasteiger partial charge in [0.05, 0.1) is 24.6 Å². The van der Waals surface area contributed by atoms with Gasteiger partial charge in [0.1, 0.15) is 11.6 Å². The molecule has 0 bridgehead atoms. The van der Waals surface area contributed by atoms with Gasteiger partial charge in [-0.1, -0.05) is 79.6 Å². The maximum absolute atomic E-state index is 15.4. The average Bonchev–Trinajstić information content (AvgIpc) is 3.99. The van der Waals surface area contributed by atoms with Crippen LogP contribution in [0.4, 0.5) is 8.78 Å². The standard InChI is InChI=1S/C43H41F2NO6S/c1-50-38-27-33-35(28-39(38)51-22-8-3-2-4-9-23-53-42(49)31-10-6-5-7-11-31)46-21-18-36(33)52-37-17-14-30(24-34(37)45)26-41(48)43(19-20-43)40(47)25-29-12-15-32(44)16-13-29/h5-7,10-18,21,24,27-28H,2-4,8-9,19-20,22-23,25-26H2,1H3. The minimum Gasteiger partial charge on any atom is -0.493 e. The minimum absolute atomic E-state index is 0.0251. The van der Waals surface area contributed by atoms with Crippen LogP contribution in [-0.4, -0.2) is 41.1 Å². The molecule has 53 heavy (non-hydrogen) atoms. The van der Waals surface area contributed by atoms with Gasteiger partial charge in [0.2, 0.25) is 5.12 Å². The van der Waals surface area contributed by atoms with Crippen LogP contribution < -0.4 is 14.2 Å². The van der Waals surface area contributed by atoms with E-state index >= 15 is 4.39 Å². The predicted molar refractivity (Wildman–Crippen MR) is 202 cm³/mol. The Bertz CT molecular complexity index is 2070. The van der Waals surface area contributed by atoms with Gasteiger partial charge in [0.15, 0.2) is 34.6 Å². The van der Waals surface area contributed by atoms with Crippen molar-refractivity contribution in [3.8, 4) is 23.0 Å². The lowest BCUT2D eigenvalue weighted by atomic mass is 9.88.